The van der Waals surface area contributed by atoms with Crippen LogP contribution >= 0.6 is 0 Å². The Morgan fingerprint density at radius 2 is 1.90 bits per heavy atom. The minimum absolute atomic E-state index is 0.0892. The van der Waals surface area contributed by atoms with Gasteiger partial charge in [0.1, 0.15) is 6.04 Å². The Labute approximate surface area is 178 Å². The van der Waals surface area contributed by atoms with Crippen molar-refractivity contribution in [2.45, 2.75) is 12.6 Å². The van der Waals surface area contributed by atoms with Crippen molar-refractivity contribution in [1.82, 2.24) is 15.6 Å². The summed E-state index contributed by atoms with van der Waals surface area (Å²) >= 11 is 0. The lowest BCUT2D eigenvalue weighted by atomic mass is 9.79. The predicted octanol–water partition coefficient (Wildman–Crippen LogP) is -0.522. The van der Waals surface area contributed by atoms with Crippen molar-refractivity contribution in [2.24, 2.45) is 0 Å². The maximum Gasteiger partial charge on any atom is 0.488 e. The van der Waals surface area contributed by atoms with Gasteiger partial charge in [-0.2, -0.15) is 0 Å². The zero-order chi connectivity index (χ0) is 22.4. The summed E-state index contributed by atoms with van der Waals surface area (Å²) in [5.74, 6) is -2.24. The second-order valence-electron chi connectivity index (χ2n) is 6.89. The van der Waals surface area contributed by atoms with Crippen LogP contribution in [0.2, 0.25) is 0 Å². The number of para-hydroxylation sites is 1. The molecule has 0 spiro atoms. The van der Waals surface area contributed by atoms with Crippen LogP contribution in [-0.2, 0) is 20.9 Å². The third-order valence-electron chi connectivity index (χ3n) is 4.71. The molecule has 1 atom stereocenters. The molecule has 0 bridgehead atoms. The van der Waals surface area contributed by atoms with Crippen LogP contribution in [-0.4, -0.2) is 59.5 Å². The number of fused-ring (bicyclic) bond motifs is 1. The minimum Gasteiger partial charge on any atom is -0.423 e. The largest absolute Gasteiger partial charge is 0.488 e. The highest BCUT2D eigenvalue weighted by Gasteiger charge is 2.26. The average molecular weight is 423 g/mol. The van der Waals surface area contributed by atoms with E-state index in [-0.39, 0.29) is 24.2 Å². The van der Waals surface area contributed by atoms with Gasteiger partial charge in [0, 0.05) is 30.8 Å². The molecule has 0 radical (unpaired) electrons. The van der Waals surface area contributed by atoms with Crippen LogP contribution in [0.3, 0.4) is 0 Å². The van der Waals surface area contributed by atoms with Gasteiger partial charge >= 0.3 is 7.12 Å². The van der Waals surface area contributed by atoms with Gasteiger partial charge in [0.15, 0.2) is 0 Å². The number of aromatic amines is 1. The Bertz CT molecular complexity index is 1100. The number of hydrogen-bond donors (Lipinski definition) is 5. The highest BCUT2D eigenvalue weighted by atomic mass is 16.5. The van der Waals surface area contributed by atoms with Crippen LogP contribution in [0, 0.1) is 0 Å². The van der Waals surface area contributed by atoms with Crippen LogP contribution in [0.5, 0.6) is 0 Å². The fraction of sp³-hybridized carbons (Fsp3) is 0.190. The second kappa shape index (κ2) is 10.0. The van der Waals surface area contributed by atoms with Crippen molar-refractivity contribution in [2.75, 3.05) is 13.7 Å². The summed E-state index contributed by atoms with van der Waals surface area (Å²) < 4.78 is 5.01. The molecule has 9 nitrogen and oxygen atoms in total. The van der Waals surface area contributed by atoms with Gasteiger partial charge in [-0.05, 0) is 17.1 Å². The molecule has 160 valence electrons. The molecule has 0 aliphatic heterocycles. The third kappa shape index (κ3) is 5.37. The van der Waals surface area contributed by atoms with E-state index in [1.54, 1.807) is 36.4 Å². The molecule has 0 aliphatic rings. The number of methoxy groups -OCH3 is 1. The molecule has 2 amide bonds. The maximum absolute atomic E-state index is 12.6. The number of hydrogen-bond acceptors (Lipinski definition) is 6. The zero-order valence-corrected chi connectivity index (χ0v) is 16.8. The lowest BCUT2D eigenvalue weighted by molar-refractivity contribution is -0.128. The zero-order valence-electron chi connectivity index (χ0n) is 16.8. The normalized spacial score (nSPS) is 11.7. The number of ketones is 1. The number of Topliss-reactive ketones (excluding diaryl/α,β-unsaturated/α-hetero) is 1. The highest BCUT2D eigenvalue weighted by Crippen LogP contribution is 2.18. The highest BCUT2D eigenvalue weighted by molar-refractivity contribution is 6.58. The molecule has 3 rings (SSSR count). The first kappa shape index (κ1) is 22.2. The Morgan fingerprint density at radius 1 is 1.13 bits per heavy atom. The molecule has 0 saturated heterocycles. The lowest BCUT2D eigenvalue weighted by Gasteiger charge is -2.17. The predicted molar refractivity (Wildman–Crippen MR) is 115 cm³/mol. The first-order chi connectivity index (χ1) is 14.9. The van der Waals surface area contributed by atoms with Gasteiger partial charge < -0.3 is 30.4 Å². The second-order valence-corrected chi connectivity index (χ2v) is 6.89. The summed E-state index contributed by atoms with van der Waals surface area (Å²) in [4.78, 5) is 40.6. The van der Waals surface area contributed by atoms with E-state index in [9.17, 15) is 24.4 Å². The van der Waals surface area contributed by atoms with Crippen molar-refractivity contribution in [3.05, 3.63) is 65.9 Å². The monoisotopic (exact) mass is 423 g/mol. The van der Waals surface area contributed by atoms with E-state index < -0.39 is 30.8 Å². The van der Waals surface area contributed by atoms with Crippen LogP contribution in [0.1, 0.15) is 15.9 Å². The van der Waals surface area contributed by atoms with Crippen molar-refractivity contribution >= 4 is 41.1 Å². The van der Waals surface area contributed by atoms with E-state index in [0.717, 1.165) is 5.52 Å². The quantitative estimate of drug-likeness (QED) is 0.178. The van der Waals surface area contributed by atoms with Crippen molar-refractivity contribution < 1.29 is 29.2 Å². The van der Waals surface area contributed by atoms with Crippen LogP contribution < -0.4 is 16.1 Å². The number of carbonyl (C=O) groups is 3. The Kier molecular flexibility index (Phi) is 7.19. The van der Waals surface area contributed by atoms with E-state index in [2.05, 4.69) is 15.6 Å². The summed E-state index contributed by atoms with van der Waals surface area (Å²) in [6.45, 7) is -0.0417. The lowest BCUT2D eigenvalue weighted by Crippen LogP contribution is -2.50. The molecule has 1 aromatic heterocycles. The molecule has 0 saturated carbocycles. The number of aromatic nitrogens is 1. The summed E-state index contributed by atoms with van der Waals surface area (Å²) in [5.41, 5.74) is 1.86. The topological polar surface area (TPSA) is 141 Å². The molecule has 1 heterocycles. The Balaban J connectivity index is 1.65. The van der Waals surface area contributed by atoms with Crippen LogP contribution in [0.4, 0.5) is 0 Å². The number of amides is 2. The molecular formula is C21H22BN3O6. The number of nitrogens with one attached hydrogen (secondary N) is 3. The first-order valence-corrected chi connectivity index (χ1v) is 9.53. The third-order valence-corrected chi connectivity index (χ3v) is 4.71. The molecule has 10 heteroatoms. The summed E-state index contributed by atoms with van der Waals surface area (Å²) in [6, 6.07) is 12.4. The SMILES string of the molecule is COC[C@H](NC(=O)C(=O)c1c[nH]c2ccccc12)C(=O)NCc1cccc(B(O)O)c1. The van der Waals surface area contributed by atoms with E-state index in [1.165, 1.54) is 19.4 Å². The van der Waals surface area contributed by atoms with Gasteiger partial charge in [0.25, 0.3) is 11.7 Å². The fourth-order valence-corrected chi connectivity index (χ4v) is 3.13. The van der Waals surface area contributed by atoms with Crippen molar-refractivity contribution in [1.29, 1.82) is 0 Å². The smallest absolute Gasteiger partial charge is 0.423 e. The first-order valence-electron chi connectivity index (χ1n) is 9.53. The van der Waals surface area contributed by atoms with Gasteiger partial charge in [-0.15, -0.1) is 0 Å². The molecule has 3 aromatic rings. The number of benzene rings is 2. The summed E-state index contributed by atoms with van der Waals surface area (Å²) in [7, 11) is -0.244. The van der Waals surface area contributed by atoms with Gasteiger partial charge in [0.05, 0.1) is 12.2 Å². The van der Waals surface area contributed by atoms with Gasteiger partial charge in [-0.25, -0.2) is 0 Å². The van der Waals surface area contributed by atoms with Gasteiger partial charge in [0.2, 0.25) is 5.91 Å². The number of ether oxygens (including phenoxy) is 1. The van der Waals surface area contributed by atoms with E-state index in [1.807, 2.05) is 6.07 Å². The average Bonchev–Trinajstić information content (AvgIpc) is 3.21. The van der Waals surface area contributed by atoms with Crippen LogP contribution in [0.25, 0.3) is 10.9 Å². The number of H-pyrrole nitrogens is 1. The molecule has 0 fully saturated rings. The molecule has 0 aliphatic carbocycles. The van der Waals surface area contributed by atoms with E-state index >= 15 is 0 Å². The standard InChI is InChI=1S/C21H22BN3O6/c1-31-12-18(20(27)24-10-13-5-4-6-14(9-13)22(29)30)25-21(28)19(26)16-11-23-17-8-3-2-7-15(16)17/h2-9,11,18,23,29-30H,10,12H2,1H3,(H,24,27)(H,25,28)/t18-/m0/s1. The maximum atomic E-state index is 12.6. The Morgan fingerprint density at radius 3 is 2.65 bits per heavy atom. The van der Waals surface area contributed by atoms with E-state index in [0.29, 0.717) is 10.9 Å². The molecule has 2 aromatic carbocycles. The van der Waals surface area contributed by atoms with Crippen molar-refractivity contribution in [3.63, 3.8) is 0 Å². The summed E-state index contributed by atoms with van der Waals surface area (Å²) in [6.07, 6.45) is 1.46. The van der Waals surface area contributed by atoms with Gasteiger partial charge in [-0.3, -0.25) is 14.4 Å². The molecule has 31 heavy (non-hydrogen) atoms. The minimum atomic E-state index is -1.62. The fourth-order valence-electron chi connectivity index (χ4n) is 3.13. The Hall–Kier alpha value is -3.47. The summed E-state index contributed by atoms with van der Waals surface area (Å²) in [5, 5.41) is 24.2. The van der Waals surface area contributed by atoms with Crippen LogP contribution in [0.15, 0.2) is 54.7 Å². The molecule has 5 N–H and O–H groups in total. The number of carbonyl (C=O) groups excluding carboxylic acids is 3. The number of rotatable bonds is 9. The molecule has 0 unspecified atom stereocenters. The van der Waals surface area contributed by atoms with Crippen molar-refractivity contribution in [3.8, 4) is 0 Å². The molecular weight excluding hydrogens is 401 g/mol. The van der Waals surface area contributed by atoms with Gasteiger partial charge in [-0.1, -0.05) is 42.5 Å². The van der Waals surface area contributed by atoms with E-state index in [4.69, 9.17) is 4.74 Å².